The van der Waals surface area contributed by atoms with Crippen LogP contribution in [0.5, 0.6) is 11.5 Å². The Morgan fingerprint density at radius 2 is 1.93 bits per heavy atom. The molecule has 0 N–H and O–H groups in total. The van der Waals surface area contributed by atoms with E-state index < -0.39 is 0 Å². The monoisotopic (exact) mass is 394 g/mol. The summed E-state index contributed by atoms with van der Waals surface area (Å²) in [5.41, 5.74) is 3.04. The lowest BCUT2D eigenvalue weighted by atomic mass is 9.93. The number of rotatable bonds is 7. The van der Waals surface area contributed by atoms with Gasteiger partial charge in [-0.15, -0.1) is 0 Å². The number of hydrogen-bond acceptors (Lipinski definition) is 4. The predicted molar refractivity (Wildman–Crippen MR) is 114 cm³/mol. The van der Waals surface area contributed by atoms with E-state index in [9.17, 15) is 4.79 Å². The molecule has 0 bridgehead atoms. The van der Waals surface area contributed by atoms with Crippen molar-refractivity contribution in [3.63, 3.8) is 0 Å². The van der Waals surface area contributed by atoms with E-state index >= 15 is 0 Å². The third kappa shape index (κ3) is 3.97. The van der Waals surface area contributed by atoms with Crippen LogP contribution in [-0.2, 0) is 0 Å². The molecule has 0 spiro atoms. The number of fused-ring (bicyclic) bond motifs is 2. The van der Waals surface area contributed by atoms with Gasteiger partial charge >= 0.3 is 0 Å². The van der Waals surface area contributed by atoms with Gasteiger partial charge in [0.25, 0.3) is 5.91 Å². The first-order valence-corrected chi connectivity index (χ1v) is 10.5. The summed E-state index contributed by atoms with van der Waals surface area (Å²) >= 11 is 0. The Hall–Kier alpha value is -2.53. The molecule has 5 heteroatoms. The van der Waals surface area contributed by atoms with Gasteiger partial charge in [0, 0.05) is 18.7 Å². The van der Waals surface area contributed by atoms with Crippen molar-refractivity contribution < 1.29 is 14.3 Å². The van der Waals surface area contributed by atoms with Crippen LogP contribution in [0.4, 0.5) is 0 Å². The van der Waals surface area contributed by atoms with Crippen molar-refractivity contribution in [3.05, 3.63) is 60.2 Å². The molecule has 3 aliphatic heterocycles. The highest BCUT2D eigenvalue weighted by molar-refractivity contribution is 6.00. The summed E-state index contributed by atoms with van der Waals surface area (Å²) in [5, 5.41) is 0. The normalized spacial score (nSPS) is 22.1. The largest absolute Gasteiger partial charge is 0.454 e. The van der Waals surface area contributed by atoms with E-state index in [0.717, 1.165) is 49.5 Å². The average Bonchev–Trinajstić information content (AvgIpc) is 3.29. The molecule has 0 saturated carbocycles. The van der Waals surface area contributed by atoms with E-state index in [1.54, 1.807) is 0 Å². The maximum Gasteiger partial charge on any atom is 0.254 e. The van der Waals surface area contributed by atoms with Crippen molar-refractivity contribution in [1.29, 1.82) is 0 Å². The smallest absolute Gasteiger partial charge is 0.254 e. The van der Waals surface area contributed by atoms with E-state index in [-0.39, 0.29) is 18.7 Å². The molecule has 29 heavy (non-hydrogen) atoms. The van der Waals surface area contributed by atoms with Crippen molar-refractivity contribution in [1.82, 2.24) is 9.80 Å². The molecule has 1 atom stereocenters. The van der Waals surface area contributed by atoms with Crippen molar-refractivity contribution in [3.8, 4) is 11.5 Å². The molecule has 0 radical (unpaired) electrons. The molecule has 1 aromatic rings. The molecule has 1 aromatic carbocycles. The molecule has 1 saturated heterocycles. The molecule has 1 fully saturated rings. The van der Waals surface area contributed by atoms with Gasteiger partial charge in [-0.1, -0.05) is 31.4 Å². The van der Waals surface area contributed by atoms with E-state index in [1.807, 2.05) is 35.3 Å². The van der Waals surface area contributed by atoms with Gasteiger partial charge < -0.3 is 14.4 Å². The van der Waals surface area contributed by atoms with Gasteiger partial charge in [0.15, 0.2) is 11.5 Å². The third-order valence-corrected chi connectivity index (χ3v) is 6.44. The number of carbonyl (C=O) groups is 1. The van der Waals surface area contributed by atoms with Gasteiger partial charge in [0.1, 0.15) is 0 Å². The molecular weight excluding hydrogens is 364 g/mol. The van der Waals surface area contributed by atoms with Crippen molar-refractivity contribution >= 4 is 5.91 Å². The second-order valence-electron chi connectivity index (χ2n) is 8.16. The number of ether oxygens (including phenoxy) is 2. The number of likely N-dealkylation sites (tertiary alicyclic amines) is 1. The maximum atomic E-state index is 12.9. The first kappa shape index (κ1) is 19.8. The fourth-order valence-electron chi connectivity index (χ4n) is 4.63. The second-order valence-corrected chi connectivity index (χ2v) is 8.16. The molecule has 4 rings (SSSR count). The van der Waals surface area contributed by atoms with Gasteiger partial charge in [-0.05, 0) is 68.5 Å². The fourth-order valence-corrected chi connectivity index (χ4v) is 4.63. The minimum Gasteiger partial charge on any atom is -0.454 e. The van der Waals surface area contributed by atoms with Crippen LogP contribution in [-0.4, -0.2) is 48.7 Å². The van der Waals surface area contributed by atoms with Gasteiger partial charge in [0.05, 0.1) is 6.04 Å². The summed E-state index contributed by atoms with van der Waals surface area (Å²) < 4.78 is 10.9. The van der Waals surface area contributed by atoms with Crippen LogP contribution >= 0.6 is 0 Å². The SMILES string of the molecule is C=C/C=C(\C=C)CN1CCC(CCN2C(=O)c3cc4c(cc3C2C)OCO4)CC1. The Morgan fingerprint density at radius 3 is 2.62 bits per heavy atom. The quantitative estimate of drug-likeness (QED) is 0.646. The molecule has 0 aromatic heterocycles. The third-order valence-electron chi connectivity index (χ3n) is 6.44. The van der Waals surface area contributed by atoms with Crippen LogP contribution in [0.1, 0.15) is 48.1 Å². The first-order chi connectivity index (χ1) is 14.1. The molecule has 0 aliphatic carbocycles. The molecule has 3 heterocycles. The Kier molecular flexibility index (Phi) is 5.76. The minimum atomic E-state index is 0.0891. The number of amides is 1. The van der Waals surface area contributed by atoms with Gasteiger partial charge in [-0.3, -0.25) is 9.69 Å². The average molecular weight is 395 g/mol. The van der Waals surface area contributed by atoms with Crippen molar-refractivity contribution in [2.75, 3.05) is 33.0 Å². The van der Waals surface area contributed by atoms with E-state index in [2.05, 4.69) is 25.0 Å². The Balaban J connectivity index is 1.30. The van der Waals surface area contributed by atoms with E-state index in [1.165, 1.54) is 18.4 Å². The van der Waals surface area contributed by atoms with Gasteiger partial charge in [-0.2, -0.15) is 0 Å². The lowest BCUT2D eigenvalue weighted by molar-refractivity contribution is 0.0714. The Morgan fingerprint density at radius 1 is 1.21 bits per heavy atom. The molecule has 154 valence electrons. The molecule has 3 aliphatic rings. The van der Waals surface area contributed by atoms with Crippen LogP contribution in [0.3, 0.4) is 0 Å². The maximum absolute atomic E-state index is 12.9. The molecule has 1 amide bonds. The highest BCUT2D eigenvalue weighted by Crippen LogP contribution is 2.42. The Labute approximate surface area is 173 Å². The zero-order valence-electron chi connectivity index (χ0n) is 17.2. The standard InChI is InChI=1S/C24H30N2O3/c1-4-6-18(5-2)15-25-10-7-19(8-11-25)9-12-26-17(3)20-13-22-23(29-16-28-22)14-21(20)24(26)27/h4-6,13-14,17,19H,1-2,7-12,15-16H2,3H3/b18-6+. The lowest BCUT2D eigenvalue weighted by Crippen LogP contribution is -2.36. The number of carbonyl (C=O) groups excluding carboxylic acids is 1. The highest BCUT2D eigenvalue weighted by Gasteiger charge is 2.36. The summed E-state index contributed by atoms with van der Waals surface area (Å²) in [6.07, 6.45) is 9.18. The number of benzene rings is 1. The molecule has 1 unspecified atom stereocenters. The summed E-state index contributed by atoms with van der Waals surface area (Å²) in [4.78, 5) is 17.4. The number of hydrogen-bond donors (Lipinski definition) is 0. The second kappa shape index (κ2) is 8.46. The Bertz CT molecular complexity index is 837. The van der Waals surface area contributed by atoms with E-state index in [0.29, 0.717) is 11.7 Å². The molecule has 5 nitrogen and oxygen atoms in total. The predicted octanol–water partition coefficient (Wildman–Crippen LogP) is 4.33. The van der Waals surface area contributed by atoms with Crippen LogP contribution in [0.15, 0.2) is 49.1 Å². The van der Waals surface area contributed by atoms with Crippen LogP contribution < -0.4 is 9.47 Å². The zero-order valence-corrected chi connectivity index (χ0v) is 17.2. The minimum absolute atomic E-state index is 0.0891. The lowest BCUT2D eigenvalue weighted by Gasteiger charge is -2.33. The summed E-state index contributed by atoms with van der Waals surface area (Å²) in [7, 11) is 0. The highest BCUT2D eigenvalue weighted by atomic mass is 16.7. The van der Waals surface area contributed by atoms with Gasteiger partial charge in [-0.25, -0.2) is 0 Å². The zero-order chi connectivity index (χ0) is 20.4. The van der Waals surface area contributed by atoms with Crippen LogP contribution in [0, 0.1) is 5.92 Å². The topological polar surface area (TPSA) is 42.0 Å². The number of piperidine rings is 1. The number of nitrogens with zero attached hydrogens (tertiary/aromatic N) is 2. The van der Waals surface area contributed by atoms with Gasteiger partial charge in [0.2, 0.25) is 6.79 Å². The fraction of sp³-hybridized carbons (Fsp3) is 0.458. The summed E-state index contributed by atoms with van der Waals surface area (Å²) in [6, 6.07) is 3.92. The number of allylic oxidation sites excluding steroid dienone is 2. The summed E-state index contributed by atoms with van der Waals surface area (Å²) in [5.74, 6) is 2.22. The van der Waals surface area contributed by atoms with Crippen LogP contribution in [0.25, 0.3) is 0 Å². The molecular formula is C24H30N2O3. The van der Waals surface area contributed by atoms with Crippen LogP contribution in [0.2, 0.25) is 0 Å². The first-order valence-electron chi connectivity index (χ1n) is 10.5. The summed E-state index contributed by atoms with van der Waals surface area (Å²) in [6.45, 7) is 13.9. The van der Waals surface area contributed by atoms with E-state index in [4.69, 9.17) is 9.47 Å². The van der Waals surface area contributed by atoms with Crippen molar-refractivity contribution in [2.45, 2.75) is 32.2 Å². The van der Waals surface area contributed by atoms with Crippen molar-refractivity contribution in [2.24, 2.45) is 5.92 Å².